The zero-order valence-corrected chi connectivity index (χ0v) is 20.2. The van der Waals surface area contributed by atoms with E-state index in [1.165, 1.54) is 25.3 Å². The molecule has 33 heavy (non-hydrogen) atoms. The summed E-state index contributed by atoms with van der Waals surface area (Å²) in [5.74, 6) is 0.677. The lowest BCUT2D eigenvalue weighted by Gasteiger charge is -2.08. The Morgan fingerprint density at radius 1 is 1.24 bits per heavy atom. The molecule has 1 aliphatic rings. The van der Waals surface area contributed by atoms with Gasteiger partial charge in [0.05, 0.1) is 0 Å². The van der Waals surface area contributed by atoms with Gasteiger partial charge in [-0.15, -0.1) is 0 Å². The Kier molecular flexibility index (Phi) is 13.1. The largest absolute Gasteiger partial charge is 0.507 e. The number of nitrogens with two attached hydrogens (primary N) is 2. The number of aromatic nitrogens is 1. The Balaban J connectivity index is 0.000000287. The highest BCUT2D eigenvalue weighted by molar-refractivity contribution is 5.87. The Morgan fingerprint density at radius 3 is 2.36 bits per heavy atom. The van der Waals surface area contributed by atoms with Crippen molar-refractivity contribution in [3.05, 3.63) is 59.3 Å². The number of likely N-dealkylation sites (N-methyl/N-ethyl adjacent to an activating group) is 2. The molecule has 182 valence electrons. The monoisotopic (exact) mass is 457 g/mol. The van der Waals surface area contributed by atoms with Gasteiger partial charge in [-0.2, -0.15) is 0 Å². The van der Waals surface area contributed by atoms with E-state index in [0.717, 1.165) is 30.9 Å². The molecule has 0 aliphatic carbocycles. The smallest absolute Gasteiger partial charge is 0.243 e. The van der Waals surface area contributed by atoms with Crippen LogP contribution >= 0.6 is 0 Å². The second-order valence-electron chi connectivity index (χ2n) is 7.87. The van der Waals surface area contributed by atoms with E-state index in [-0.39, 0.29) is 11.7 Å². The van der Waals surface area contributed by atoms with Crippen molar-refractivity contribution in [2.24, 2.45) is 5.73 Å². The topological polar surface area (TPSA) is 130 Å². The van der Waals surface area contributed by atoms with E-state index in [1.54, 1.807) is 31.3 Å². The minimum atomic E-state index is -0.0538. The van der Waals surface area contributed by atoms with E-state index in [2.05, 4.69) is 10.3 Å². The fourth-order valence-electron chi connectivity index (χ4n) is 2.84. The van der Waals surface area contributed by atoms with E-state index in [0.29, 0.717) is 17.1 Å². The van der Waals surface area contributed by atoms with Gasteiger partial charge in [0.1, 0.15) is 11.6 Å². The molecule has 1 aromatic heterocycles. The summed E-state index contributed by atoms with van der Waals surface area (Å²) >= 11 is 0. The van der Waals surface area contributed by atoms with Crippen LogP contribution in [0.5, 0.6) is 5.75 Å². The summed E-state index contributed by atoms with van der Waals surface area (Å²) in [6.07, 6.45) is 10.9. The third kappa shape index (κ3) is 11.3. The number of hydrogen-bond donors (Lipinski definition) is 5. The van der Waals surface area contributed by atoms with Crippen LogP contribution in [0.4, 0.5) is 5.82 Å². The number of carbonyl (C=O) groups excluding carboxylic acids is 1. The van der Waals surface area contributed by atoms with E-state index < -0.39 is 0 Å². The van der Waals surface area contributed by atoms with Crippen LogP contribution in [0.2, 0.25) is 0 Å². The highest BCUT2D eigenvalue weighted by atomic mass is 16.5. The lowest BCUT2D eigenvalue weighted by molar-refractivity contribution is -0.116. The van der Waals surface area contributed by atoms with Gasteiger partial charge >= 0.3 is 0 Å². The number of para-hydroxylation sites is 1. The molecule has 0 bridgehead atoms. The maximum absolute atomic E-state index is 10.6. The summed E-state index contributed by atoms with van der Waals surface area (Å²) in [5, 5.41) is 12.2. The summed E-state index contributed by atoms with van der Waals surface area (Å²) in [6.45, 7) is 4.74. The fourth-order valence-corrected chi connectivity index (χ4v) is 2.84. The number of nitrogen functional groups attached to an aromatic ring is 1. The second kappa shape index (κ2) is 15.6. The molecule has 2 aromatic rings. The highest BCUT2D eigenvalue weighted by Crippen LogP contribution is 2.25. The molecule has 1 saturated heterocycles. The molecule has 3 rings (SSSR count). The van der Waals surface area contributed by atoms with Crippen LogP contribution < -0.4 is 16.8 Å². The molecular weight excluding hydrogens is 418 g/mol. The van der Waals surface area contributed by atoms with Crippen LogP contribution in [0.15, 0.2) is 42.6 Å². The van der Waals surface area contributed by atoms with Gasteiger partial charge in [-0.25, -0.2) is 0 Å². The van der Waals surface area contributed by atoms with Crippen LogP contribution in [0.3, 0.4) is 0 Å². The number of anilines is 1. The number of ether oxygens (including phenoxy) is 1. The molecule has 0 unspecified atom stereocenters. The Bertz CT molecular complexity index is 868. The van der Waals surface area contributed by atoms with Gasteiger partial charge in [-0.05, 0) is 64.1 Å². The minimum Gasteiger partial charge on any atom is -0.507 e. The van der Waals surface area contributed by atoms with E-state index in [9.17, 15) is 9.90 Å². The fraction of sp³-hybridized carbons (Fsp3) is 0.400. The zero-order chi connectivity index (χ0) is 24.6. The first-order valence-corrected chi connectivity index (χ1v) is 11.1. The van der Waals surface area contributed by atoms with Crippen molar-refractivity contribution < 1.29 is 14.6 Å². The molecule has 8 heteroatoms. The Labute approximate surface area is 197 Å². The lowest BCUT2D eigenvalue weighted by atomic mass is 10.1. The summed E-state index contributed by atoms with van der Waals surface area (Å²) in [7, 11) is 5.52. The molecular formula is C25H39N5O3. The number of carbonyl (C=O) groups is 1. The maximum atomic E-state index is 10.6. The SMILES string of the molecule is C1CCOCC1.CNC(=O)/C=C/CN(C)C.Cc1c[nH]c(N)c1/C=C(\N)c1ccccc1O. The number of phenols is 1. The van der Waals surface area contributed by atoms with Crippen LogP contribution in [0.1, 0.15) is 36.0 Å². The number of phenolic OH excluding ortho intramolecular Hbond substituents is 1. The predicted molar refractivity (Wildman–Crippen MR) is 137 cm³/mol. The number of nitrogens with zero attached hydrogens (tertiary/aromatic N) is 1. The van der Waals surface area contributed by atoms with E-state index in [4.69, 9.17) is 16.2 Å². The number of aromatic amines is 1. The summed E-state index contributed by atoms with van der Waals surface area (Å²) in [4.78, 5) is 15.5. The lowest BCUT2D eigenvalue weighted by Crippen LogP contribution is -2.16. The molecule has 7 N–H and O–H groups in total. The van der Waals surface area contributed by atoms with Gasteiger partial charge in [0.15, 0.2) is 0 Å². The zero-order valence-electron chi connectivity index (χ0n) is 20.2. The number of aryl methyl sites for hydroxylation is 1. The number of aromatic hydroxyl groups is 1. The van der Waals surface area contributed by atoms with Crippen molar-refractivity contribution in [2.45, 2.75) is 26.2 Å². The van der Waals surface area contributed by atoms with Crippen molar-refractivity contribution >= 4 is 23.5 Å². The first kappa shape index (κ1) is 27.8. The van der Waals surface area contributed by atoms with Crippen molar-refractivity contribution in [3.8, 4) is 5.75 Å². The average Bonchev–Trinajstić information content (AvgIpc) is 3.13. The maximum Gasteiger partial charge on any atom is 0.243 e. The quantitative estimate of drug-likeness (QED) is 0.439. The van der Waals surface area contributed by atoms with E-state index >= 15 is 0 Å². The molecule has 0 radical (unpaired) electrons. The molecule has 0 spiro atoms. The molecule has 2 heterocycles. The third-order valence-electron chi connectivity index (χ3n) is 4.74. The molecule has 0 saturated carbocycles. The molecule has 1 aliphatic heterocycles. The highest BCUT2D eigenvalue weighted by Gasteiger charge is 2.06. The predicted octanol–water partition coefficient (Wildman–Crippen LogP) is 3.10. The minimum absolute atomic E-state index is 0.0538. The van der Waals surface area contributed by atoms with Crippen molar-refractivity contribution in [1.29, 1.82) is 0 Å². The van der Waals surface area contributed by atoms with Gasteiger partial charge in [0.25, 0.3) is 0 Å². The average molecular weight is 458 g/mol. The Hall–Kier alpha value is -3.23. The molecule has 1 amide bonds. The molecule has 8 nitrogen and oxygen atoms in total. The first-order valence-electron chi connectivity index (χ1n) is 11.1. The number of H-pyrrole nitrogens is 1. The normalized spacial score (nSPS) is 13.7. The number of rotatable bonds is 5. The van der Waals surface area contributed by atoms with Crippen molar-refractivity contribution in [3.63, 3.8) is 0 Å². The second-order valence-corrected chi connectivity index (χ2v) is 7.87. The van der Waals surface area contributed by atoms with Crippen LogP contribution in [0, 0.1) is 6.92 Å². The van der Waals surface area contributed by atoms with Gasteiger partial charge in [-0.1, -0.05) is 18.2 Å². The van der Waals surface area contributed by atoms with Gasteiger partial charge in [0.2, 0.25) is 5.91 Å². The molecule has 0 atom stereocenters. The van der Waals surface area contributed by atoms with Gasteiger partial charge < -0.3 is 36.5 Å². The Morgan fingerprint density at radius 2 is 1.91 bits per heavy atom. The third-order valence-corrected chi connectivity index (χ3v) is 4.74. The van der Waals surface area contributed by atoms with Crippen LogP contribution in [0.25, 0.3) is 11.8 Å². The number of benzene rings is 1. The van der Waals surface area contributed by atoms with Crippen molar-refractivity contribution in [2.75, 3.05) is 46.6 Å². The number of nitrogens with one attached hydrogen (secondary N) is 2. The van der Waals surface area contributed by atoms with E-state index in [1.807, 2.05) is 44.3 Å². The summed E-state index contributed by atoms with van der Waals surface area (Å²) < 4.78 is 5.07. The van der Waals surface area contributed by atoms with Crippen LogP contribution in [-0.2, 0) is 9.53 Å². The standard InChI is InChI=1S/C13H15N3O.C7H14N2O.C5H10O/c1-8-7-16-13(15)10(8)6-11(14)9-4-2-3-5-12(9)17;1-8-7(10)5-4-6-9(2)3;1-2-4-6-5-3-1/h2-7,16-17H,14-15H2,1H3;4-5H,6H2,1-3H3,(H,8,10);1-5H2/b11-6-;5-4+;. The summed E-state index contributed by atoms with van der Waals surface area (Å²) in [6, 6.07) is 6.94. The van der Waals surface area contributed by atoms with Gasteiger partial charge in [0, 0.05) is 55.9 Å². The van der Waals surface area contributed by atoms with Crippen molar-refractivity contribution in [1.82, 2.24) is 15.2 Å². The van der Waals surface area contributed by atoms with Crippen LogP contribution in [-0.4, -0.2) is 61.8 Å². The molecule has 1 fully saturated rings. The molecule has 1 aromatic carbocycles. The summed E-state index contributed by atoms with van der Waals surface area (Å²) in [5.41, 5.74) is 14.7. The number of hydrogen-bond acceptors (Lipinski definition) is 6. The van der Waals surface area contributed by atoms with Gasteiger partial charge in [-0.3, -0.25) is 4.79 Å². The number of amides is 1. The first-order chi connectivity index (χ1) is 15.8.